The maximum absolute atomic E-state index is 15.5. The summed E-state index contributed by atoms with van der Waals surface area (Å²) in [6.07, 6.45) is 7.55. The van der Waals surface area contributed by atoms with Gasteiger partial charge in [-0.2, -0.15) is 5.10 Å². The summed E-state index contributed by atoms with van der Waals surface area (Å²) >= 11 is 0. The summed E-state index contributed by atoms with van der Waals surface area (Å²) in [6.45, 7) is 3.59. The highest BCUT2D eigenvalue weighted by Crippen LogP contribution is 2.36. The van der Waals surface area contributed by atoms with Crippen molar-refractivity contribution in [2.24, 2.45) is 0 Å². The van der Waals surface area contributed by atoms with Crippen molar-refractivity contribution in [3.63, 3.8) is 0 Å². The highest BCUT2D eigenvalue weighted by Gasteiger charge is 2.23. The molecule has 1 saturated heterocycles. The number of piperidine rings is 1. The number of hydrogen-bond acceptors (Lipinski definition) is 5. The van der Waals surface area contributed by atoms with Crippen molar-refractivity contribution in [3.8, 4) is 22.4 Å². The van der Waals surface area contributed by atoms with Gasteiger partial charge in [0.15, 0.2) is 5.82 Å². The van der Waals surface area contributed by atoms with E-state index < -0.39 is 15.8 Å². The Morgan fingerprint density at radius 3 is 2.61 bits per heavy atom. The second-order valence-electron chi connectivity index (χ2n) is 7.68. The Balaban J connectivity index is 1.80. The van der Waals surface area contributed by atoms with Crippen LogP contribution >= 0.6 is 0 Å². The van der Waals surface area contributed by atoms with Gasteiger partial charge in [0.1, 0.15) is 5.69 Å². The van der Waals surface area contributed by atoms with Crippen LogP contribution in [0, 0.1) is 5.82 Å². The lowest BCUT2D eigenvalue weighted by Crippen LogP contribution is -2.29. The second kappa shape index (κ2) is 9.15. The molecule has 0 atom stereocenters. The molecule has 1 aromatic carbocycles. The molecule has 1 aliphatic rings. The highest BCUT2D eigenvalue weighted by molar-refractivity contribution is 7.92. The molecule has 0 saturated carbocycles. The monoisotopic (exact) mass is 443 g/mol. The summed E-state index contributed by atoms with van der Waals surface area (Å²) in [5, 5.41) is 8.15. The fourth-order valence-electron chi connectivity index (χ4n) is 3.88. The SMILES string of the molecule is CCCS(=O)(=O)Nc1cccc(-c2cn(C3CCNCC3)nc2-c2ccncc2)c1F. The maximum atomic E-state index is 15.5. The molecular formula is C22H26FN5O2S. The van der Waals surface area contributed by atoms with Crippen LogP contribution in [0.2, 0.25) is 0 Å². The van der Waals surface area contributed by atoms with E-state index in [1.54, 1.807) is 31.5 Å². The second-order valence-corrected chi connectivity index (χ2v) is 9.52. The molecule has 3 aromatic rings. The number of rotatable bonds is 7. The fourth-order valence-corrected chi connectivity index (χ4v) is 5.01. The van der Waals surface area contributed by atoms with Crippen molar-refractivity contribution >= 4 is 15.7 Å². The van der Waals surface area contributed by atoms with Crippen molar-refractivity contribution in [1.82, 2.24) is 20.1 Å². The minimum Gasteiger partial charge on any atom is -0.317 e. The molecule has 4 rings (SSSR count). The van der Waals surface area contributed by atoms with E-state index in [0.29, 0.717) is 23.2 Å². The van der Waals surface area contributed by atoms with Crippen LogP contribution in [-0.2, 0) is 10.0 Å². The van der Waals surface area contributed by atoms with Gasteiger partial charge >= 0.3 is 0 Å². The Hall–Kier alpha value is -2.78. The van der Waals surface area contributed by atoms with Gasteiger partial charge in [-0.15, -0.1) is 0 Å². The molecule has 2 aromatic heterocycles. The fraction of sp³-hybridized carbons (Fsp3) is 0.364. The van der Waals surface area contributed by atoms with Crippen LogP contribution in [0.5, 0.6) is 0 Å². The molecule has 0 radical (unpaired) electrons. The van der Waals surface area contributed by atoms with Gasteiger partial charge < -0.3 is 5.32 Å². The first-order valence-electron chi connectivity index (χ1n) is 10.5. The molecule has 1 fully saturated rings. The Bertz CT molecular complexity index is 1140. The van der Waals surface area contributed by atoms with Gasteiger partial charge in [-0.3, -0.25) is 14.4 Å². The van der Waals surface area contributed by atoms with Gasteiger partial charge in [0.2, 0.25) is 10.0 Å². The van der Waals surface area contributed by atoms with Gasteiger partial charge in [0, 0.05) is 35.3 Å². The van der Waals surface area contributed by atoms with Gasteiger partial charge in [0.25, 0.3) is 0 Å². The third-order valence-electron chi connectivity index (χ3n) is 5.40. The molecule has 3 heterocycles. The number of benzene rings is 1. The Morgan fingerprint density at radius 1 is 1.16 bits per heavy atom. The van der Waals surface area contributed by atoms with Gasteiger partial charge in [0.05, 0.1) is 17.5 Å². The van der Waals surface area contributed by atoms with E-state index in [0.717, 1.165) is 31.5 Å². The summed E-state index contributed by atoms with van der Waals surface area (Å²) in [5.74, 6) is -0.672. The molecule has 0 unspecified atom stereocenters. The lowest BCUT2D eigenvalue weighted by atomic mass is 10.0. The predicted molar refractivity (Wildman–Crippen MR) is 120 cm³/mol. The first kappa shape index (κ1) is 21.5. The summed E-state index contributed by atoms with van der Waals surface area (Å²) in [4.78, 5) is 4.07. The molecule has 7 nitrogen and oxygen atoms in total. The smallest absolute Gasteiger partial charge is 0.232 e. The average molecular weight is 444 g/mol. The van der Waals surface area contributed by atoms with Crippen LogP contribution < -0.4 is 10.0 Å². The molecule has 164 valence electrons. The Kier molecular flexibility index (Phi) is 6.33. The van der Waals surface area contributed by atoms with Gasteiger partial charge in [-0.1, -0.05) is 19.1 Å². The largest absolute Gasteiger partial charge is 0.317 e. The summed E-state index contributed by atoms with van der Waals surface area (Å²) in [5.41, 5.74) is 2.35. The first-order valence-corrected chi connectivity index (χ1v) is 12.1. The van der Waals surface area contributed by atoms with E-state index in [1.807, 2.05) is 23.0 Å². The number of halogens is 1. The zero-order valence-electron chi connectivity index (χ0n) is 17.4. The first-order chi connectivity index (χ1) is 15.0. The summed E-state index contributed by atoms with van der Waals surface area (Å²) < 4.78 is 44.2. The molecule has 0 aliphatic carbocycles. The Morgan fingerprint density at radius 2 is 1.90 bits per heavy atom. The molecule has 2 N–H and O–H groups in total. The topological polar surface area (TPSA) is 88.9 Å². The third kappa shape index (κ3) is 4.77. The summed E-state index contributed by atoms with van der Waals surface area (Å²) in [7, 11) is -3.61. The number of nitrogens with zero attached hydrogens (tertiary/aromatic N) is 3. The number of aromatic nitrogens is 3. The van der Waals surface area contributed by atoms with E-state index in [-0.39, 0.29) is 17.5 Å². The normalized spacial score (nSPS) is 15.2. The van der Waals surface area contributed by atoms with E-state index in [2.05, 4.69) is 15.0 Å². The predicted octanol–water partition coefficient (Wildman–Crippen LogP) is 3.83. The number of sulfonamides is 1. The van der Waals surface area contributed by atoms with Crippen LogP contribution in [-0.4, -0.2) is 42.0 Å². The lowest BCUT2D eigenvalue weighted by Gasteiger charge is -2.22. The van der Waals surface area contributed by atoms with Crippen molar-refractivity contribution in [3.05, 3.63) is 54.7 Å². The van der Waals surface area contributed by atoms with E-state index in [4.69, 9.17) is 5.10 Å². The van der Waals surface area contributed by atoms with E-state index >= 15 is 4.39 Å². The van der Waals surface area contributed by atoms with Crippen LogP contribution in [0.1, 0.15) is 32.2 Å². The highest BCUT2D eigenvalue weighted by atomic mass is 32.2. The van der Waals surface area contributed by atoms with E-state index in [1.165, 1.54) is 6.07 Å². The molecule has 9 heteroatoms. The lowest BCUT2D eigenvalue weighted by molar-refractivity contribution is 0.344. The molecule has 0 spiro atoms. The average Bonchev–Trinajstić information content (AvgIpc) is 3.21. The standard InChI is InChI=1S/C22H26FN5O2S/c1-2-14-31(29,30)27-20-5-3-4-18(21(20)23)19-15-28(17-8-12-25-13-9-17)26-22(19)16-6-10-24-11-7-16/h3-7,10-11,15,17,25,27H,2,8-9,12-14H2,1H3. The van der Waals surface area contributed by atoms with Crippen LogP contribution in [0.25, 0.3) is 22.4 Å². The number of hydrogen-bond donors (Lipinski definition) is 2. The van der Waals surface area contributed by atoms with Crippen molar-refractivity contribution in [2.45, 2.75) is 32.2 Å². The number of nitrogens with one attached hydrogen (secondary N) is 2. The molecule has 1 aliphatic heterocycles. The quantitative estimate of drug-likeness (QED) is 0.579. The zero-order valence-corrected chi connectivity index (χ0v) is 18.2. The molecule has 31 heavy (non-hydrogen) atoms. The van der Waals surface area contributed by atoms with Gasteiger partial charge in [-0.25, -0.2) is 12.8 Å². The van der Waals surface area contributed by atoms with E-state index in [9.17, 15) is 8.42 Å². The maximum Gasteiger partial charge on any atom is 0.232 e. The molecule has 0 amide bonds. The van der Waals surface area contributed by atoms with Crippen LogP contribution in [0.3, 0.4) is 0 Å². The van der Waals surface area contributed by atoms with Gasteiger partial charge in [-0.05, 0) is 50.6 Å². The van der Waals surface area contributed by atoms with Crippen molar-refractivity contribution in [2.75, 3.05) is 23.6 Å². The third-order valence-corrected chi connectivity index (χ3v) is 6.87. The number of pyridine rings is 1. The number of anilines is 1. The minimum atomic E-state index is -3.61. The zero-order chi connectivity index (χ0) is 21.8. The Labute approximate surface area is 181 Å². The van der Waals surface area contributed by atoms with Crippen LogP contribution in [0.15, 0.2) is 48.9 Å². The van der Waals surface area contributed by atoms with Crippen molar-refractivity contribution < 1.29 is 12.8 Å². The molecule has 0 bridgehead atoms. The molecular weight excluding hydrogens is 417 g/mol. The summed E-state index contributed by atoms with van der Waals surface area (Å²) in [6, 6.07) is 8.65. The van der Waals surface area contributed by atoms with Crippen LogP contribution in [0.4, 0.5) is 10.1 Å². The minimum absolute atomic E-state index is 0.0544. The van der Waals surface area contributed by atoms with Crippen molar-refractivity contribution in [1.29, 1.82) is 0 Å².